The van der Waals surface area contributed by atoms with Gasteiger partial charge in [0.15, 0.2) is 0 Å². The van der Waals surface area contributed by atoms with Crippen LogP contribution >= 0.6 is 0 Å². The van der Waals surface area contributed by atoms with Crippen molar-refractivity contribution in [2.24, 2.45) is 0 Å². The summed E-state index contributed by atoms with van der Waals surface area (Å²) in [6, 6.07) is -0.0324. The summed E-state index contributed by atoms with van der Waals surface area (Å²) >= 11 is 0. The zero-order chi connectivity index (χ0) is 13.1. The summed E-state index contributed by atoms with van der Waals surface area (Å²) in [5.41, 5.74) is 0. The fourth-order valence-corrected chi connectivity index (χ4v) is 1.27. The van der Waals surface area contributed by atoms with E-state index in [0.29, 0.717) is 6.61 Å². The molecule has 1 fully saturated rings. The molecule has 17 heavy (non-hydrogen) atoms. The highest BCUT2D eigenvalue weighted by molar-refractivity contribution is 5.75. The Hall–Kier alpha value is -1.14. The first-order chi connectivity index (χ1) is 8.15. The molecule has 1 rings (SSSR count). The largest absolute Gasteiger partial charge is 0.468 e. The van der Waals surface area contributed by atoms with Crippen molar-refractivity contribution in [1.29, 1.82) is 0 Å². The molecule has 6 nitrogen and oxygen atoms in total. The minimum absolute atomic E-state index is 0.0324. The van der Waals surface area contributed by atoms with Gasteiger partial charge in [0.25, 0.3) is 0 Å². The molecule has 0 aromatic rings. The summed E-state index contributed by atoms with van der Waals surface area (Å²) in [5.74, 6) is -0.459. The summed E-state index contributed by atoms with van der Waals surface area (Å²) in [6.07, 6.45) is 2.01. The minimum atomic E-state index is -0.327. The monoisotopic (exact) mass is 247 g/mol. The van der Waals surface area contributed by atoms with Gasteiger partial charge < -0.3 is 19.5 Å². The maximum Gasteiger partial charge on any atom is 0.331 e. The Bertz CT molecular complexity index is 226. The second-order valence-corrected chi connectivity index (χ2v) is 3.39. The molecule has 1 heterocycles. The molecule has 1 saturated heterocycles. The van der Waals surface area contributed by atoms with E-state index in [4.69, 9.17) is 4.74 Å². The molecule has 0 radical (unpaired) electrons. The highest BCUT2D eigenvalue weighted by Gasteiger charge is 2.21. The van der Waals surface area contributed by atoms with E-state index in [1.54, 1.807) is 0 Å². The quantitative estimate of drug-likeness (QED) is 0.711. The molecule has 6 heteroatoms. The van der Waals surface area contributed by atoms with Crippen LogP contribution in [-0.2, 0) is 23.8 Å². The van der Waals surface area contributed by atoms with Crippen molar-refractivity contribution in [1.82, 2.24) is 5.32 Å². The summed E-state index contributed by atoms with van der Waals surface area (Å²) < 4.78 is 13.5. The standard InChI is InChI=1S/C6H11NO2.C5H10O3/c1-9-6(8)5-3-2-4-7-5;1-3-8-4-5(6)7-2/h5,7H,2-4H2,1H3;3-4H2,1-2H3. The summed E-state index contributed by atoms with van der Waals surface area (Å²) in [4.78, 5) is 21.0. The van der Waals surface area contributed by atoms with Crippen molar-refractivity contribution < 1.29 is 23.8 Å². The first-order valence-corrected chi connectivity index (χ1v) is 5.61. The SMILES string of the molecule is CCOCC(=O)OC.COC(=O)C1CCCN1. The average Bonchev–Trinajstić information content (AvgIpc) is 2.89. The lowest BCUT2D eigenvalue weighted by atomic mass is 10.2. The molecule has 1 atom stereocenters. The van der Waals surface area contributed by atoms with Crippen LogP contribution in [0.4, 0.5) is 0 Å². The van der Waals surface area contributed by atoms with Gasteiger partial charge in [-0.15, -0.1) is 0 Å². The number of nitrogens with one attached hydrogen (secondary N) is 1. The van der Waals surface area contributed by atoms with Crippen molar-refractivity contribution in [3.8, 4) is 0 Å². The second kappa shape index (κ2) is 10.0. The van der Waals surface area contributed by atoms with E-state index in [1.165, 1.54) is 14.2 Å². The highest BCUT2D eigenvalue weighted by Crippen LogP contribution is 2.05. The van der Waals surface area contributed by atoms with Gasteiger partial charge in [0, 0.05) is 6.61 Å². The number of hydrogen-bond acceptors (Lipinski definition) is 6. The molecule has 0 amide bonds. The van der Waals surface area contributed by atoms with Crippen molar-refractivity contribution in [3.05, 3.63) is 0 Å². The molecular formula is C11H21NO5. The van der Waals surface area contributed by atoms with Gasteiger partial charge in [0.05, 0.1) is 14.2 Å². The van der Waals surface area contributed by atoms with Crippen LogP contribution in [0.1, 0.15) is 19.8 Å². The Morgan fingerprint density at radius 2 is 2.00 bits per heavy atom. The fourth-order valence-electron chi connectivity index (χ4n) is 1.27. The molecule has 0 spiro atoms. The van der Waals surface area contributed by atoms with Gasteiger partial charge in [0.2, 0.25) is 0 Å². The van der Waals surface area contributed by atoms with Crippen molar-refractivity contribution in [3.63, 3.8) is 0 Å². The van der Waals surface area contributed by atoms with Gasteiger partial charge in [-0.25, -0.2) is 4.79 Å². The van der Waals surface area contributed by atoms with E-state index in [0.717, 1.165) is 19.4 Å². The average molecular weight is 247 g/mol. The van der Waals surface area contributed by atoms with Gasteiger partial charge >= 0.3 is 11.9 Å². The van der Waals surface area contributed by atoms with Gasteiger partial charge in [-0.1, -0.05) is 0 Å². The molecule has 1 aliphatic heterocycles. The first-order valence-electron chi connectivity index (χ1n) is 5.61. The fraction of sp³-hybridized carbons (Fsp3) is 0.818. The van der Waals surface area contributed by atoms with Crippen LogP contribution in [0.25, 0.3) is 0 Å². The van der Waals surface area contributed by atoms with E-state index in [1.807, 2.05) is 6.92 Å². The van der Waals surface area contributed by atoms with Gasteiger partial charge in [-0.05, 0) is 26.3 Å². The van der Waals surface area contributed by atoms with Gasteiger partial charge in [0.1, 0.15) is 12.6 Å². The van der Waals surface area contributed by atoms with E-state index in [-0.39, 0.29) is 24.6 Å². The van der Waals surface area contributed by atoms with Crippen LogP contribution in [0.5, 0.6) is 0 Å². The predicted octanol–water partition coefficient (Wildman–Crippen LogP) is 0.107. The van der Waals surface area contributed by atoms with Crippen molar-refractivity contribution in [2.45, 2.75) is 25.8 Å². The molecular weight excluding hydrogens is 226 g/mol. The highest BCUT2D eigenvalue weighted by atomic mass is 16.6. The normalized spacial score (nSPS) is 17.9. The molecule has 0 bridgehead atoms. The van der Waals surface area contributed by atoms with Crippen molar-refractivity contribution in [2.75, 3.05) is 34.0 Å². The van der Waals surface area contributed by atoms with E-state index in [9.17, 15) is 9.59 Å². The number of esters is 2. The Morgan fingerprint density at radius 1 is 1.29 bits per heavy atom. The Morgan fingerprint density at radius 3 is 2.41 bits per heavy atom. The number of ether oxygens (including phenoxy) is 3. The summed E-state index contributed by atoms with van der Waals surface area (Å²) in [7, 11) is 2.75. The van der Waals surface area contributed by atoms with Crippen LogP contribution in [0.15, 0.2) is 0 Å². The third kappa shape index (κ3) is 7.70. The lowest BCUT2D eigenvalue weighted by Crippen LogP contribution is -2.31. The Balaban J connectivity index is 0.000000304. The van der Waals surface area contributed by atoms with Crippen LogP contribution in [0.2, 0.25) is 0 Å². The number of carbonyl (C=O) groups is 2. The molecule has 1 unspecified atom stereocenters. The Labute approximate surface area is 102 Å². The smallest absolute Gasteiger partial charge is 0.331 e. The van der Waals surface area contributed by atoms with Gasteiger partial charge in [-0.3, -0.25) is 4.79 Å². The van der Waals surface area contributed by atoms with E-state index < -0.39 is 0 Å². The molecule has 0 aliphatic carbocycles. The lowest BCUT2D eigenvalue weighted by Gasteiger charge is -2.04. The maximum absolute atomic E-state index is 10.7. The lowest BCUT2D eigenvalue weighted by molar-refractivity contribution is -0.145. The van der Waals surface area contributed by atoms with Crippen LogP contribution in [-0.4, -0.2) is 52.0 Å². The third-order valence-corrected chi connectivity index (χ3v) is 2.20. The zero-order valence-electron chi connectivity index (χ0n) is 10.7. The summed E-state index contributed by atoms with van der Waals surface area (Å²) in [5, 5.41) is 3.03. The number of methoxy groups -OCH3 is 2. The van der Waals surface area contributed by atoms with Crippen molar-refractivity contribution >= 4 is 11.9 Å². The minimum Gasteiger partial charge on any atom is -0.468 e. The molecule has 0 saturated carbocycles. The van der Waals surface area contributed by atoms with Gasteiger partial charge in [-0.2, -0.15) is 0 Å². The van der Waals surface area contributed by atoms with E-state index >= 15 is 0 Å². The number of hydrogen-bond donors (Lipinski definition) is 1. The molecule has 1 aliphatic rings. The Kier molecular flexibility index (Phi) is 9.37. The molecule has 0 aromatic heterocycles. The molecule has 0 aromatic carbocycles. The topological polar surface area (TPSA) is 73.9 Å². The number of rotatable bonds is 4. The molecule has 1 N–H and O–H groups in total. The summed E-state index contributed by atoms with van der Waals surface area (Å²) in [6.45, 7) is 3.38. The second-order valence-electron chi connectivity index (χ2n) is 3.39. The maximum atomic E-state index is 10.7. The van der Waals surface area contributed by atoms with Crippen LogP contribution < -0.4 is 5.32 Å². The third-order valence-electron chi connectivity index (χ3n) is 2.20. The van der Waals surface area contributed by atoms with E-state index in [2.05, 4.69) is 14.8 Å². The van der Waals surface area contributed by atoms with Crippen LogP contribution in [0.3, 0.4) is 0 Å². The first kappa shape index (κ1) is 15.9. The zero-order valence-corrected chi connectivity index (χ0v) is 10.7. The molecule has 100 valence electrons. The number of carbonyl (C=O) groups excluding carboxylic acids is 2. The predicted molar refractivity (Wildman–Crippen MR) is 61.5 cm³/mol. The van der Waals surface area contributed by atoms with Crippen LogP contribution in [0, 0.1) is 0 Å².